The van der Waals surface area contributed by atoms with Gasteiger partial charge in [-0.3, -0.25) is 0 Å². The van der Waals surface area contributed by atoms with Crippen LogP contribution < -0.4 is 4.18 Å². The molecule has 0 saturated carbocycles. The van der Waals surface area contributed by atoms with Crippen molar-refractivity contribution in [3.05, 3.63) is 84.6 Å². The maximum atomic E-state index is 12.0. The molecule has 0 saturated heterocycles. The molecule has 138 valence electrons. The van der Waals surface area contributed by atoms with E-state index in [1.54, 1.807) is 18.3 Å². The van der Waals surface area contributed by atoms with E-state index < -0.39 is 10.1 Å². The van der Waals surface area contributed by atoms with Crippen LogP contribution in [0, 0.1) is 11.3 Å². The molecule has 5 nitrogen and oxygen atoms in total. The molecule has 28 heavy (non-hydrogen) atoms. The van der Waals surface area contributed by atoms with Gasteiger partial charge in [0.15, 0.2) is 5.75 Å². The third kappa shape index (κ3) is 3.24. The van der Waals surface area contributed by atoms with Gasteiger partial charge in [0.1, 0.15) is 0 Å². The Hall–Kier alpha value is -3.56. The van der Waals surface area contributed by atoms with Gasteiger partial charge in [-0.2, -0.15) is 13.7 Å². The number of rotatable bonds is 4. The second-order valence-corrected chi connectivity index (χ2v) is 7.93. The van der Waals surface area contributed by atoms with Gasteiger partial charge in [0, 0.05) is 6.20 Å². The van der Waals surface area contributed by atoms with Crippen molar-refractivity contribution < 1.29 is 12.6 Å². The fourth-order valence-corrected chi connectivity index (χ4v) is 3.75. The van der Waals surface area contributed by atoms with Gasteiger partial charge in [0.25, 0.3) is 0 Å². The molecule has 2 aromatic heterocycles. The van der Waals surface area contributed by atoms with Crippen LogP contribution in [0.25, 0.3) is 27.9 Å². The Morgan fingerprint density at radius 3 is 2.11 bits per heavy atom. The number of benzene rings is 2. The van der Waals surface area contributed by atoms with Crippen molar-refractivity contribution in [3.8, 4) is 34.2 Å². The summed E-state index contributed by atoms with van der Waals surface area (Å²) in [6.07, 6.45) is 2.78. The van der Waals surface area contributed by atoms with Crippen LogP contribution >= 0.6 is 0 Å². The first kappa shape index (κ1) is 17.8. The Labute approximate surface area is 163 Å². The normalized spacial score (nSPS) is 11.3. The van der Waals surface area contributed by atoms with Crippen LogP contribution in [0.15, 0.2) is 79.0 Å². The van der Waals surface area contributed by atoms with Crippen molar-refractivity contribution in [3.63, 3.8) is 0 Å². The maximum Gasteiger partial charge on any atom is 0.306 e. The molecule has 2 heterocycles. The molecule has 4 rings (SSSR count). The second-order valence-electron chi connectivity index (χ2n) is 6.35. The van der Waals surface area contributed by atoms with Crippen molar-refractivity contribution in [2.75, 3.05) is 6.26 Å². The van der Waals surface area contributed by atoms with E-state index in [1.165, 1.54) is 0 Å². The summed E-state index contributed by atoms with van der Waals surface area (Å²) >= 11 is 0. The topological polar surface area (TPSA) is 71.6 Å². The van der Waals surface area contributed by atoms with Gasteiger partial charge < -0.3 is 8.58 Å². The Bertz CT molecular complexity index is 1300. The zero-order valence-corrected chi connectivity index (χ0v) is 15.8. The molecule has 0 spiro atoms. The van der Waals surface area contributed by atoms with E-state index in [4.69, 9.17) is 4.18 Å². The standard InChI is InChI=1S/C22H16N2O3S/c1-28(25,26)27-22-19-14-16(15-23)12-13-24(19)21(18-10-6-3-7-11-18)20(22)17-8-4-2-5-9-17/h2-14H,1H3. The van der Waals surface area contributed by atoms with E-state index in [0.29, 0.717) is 16.6 Å². The monoisotopic (exact) mass is 388 g/mol. The Balaban J connectivity index is 2.18. The minimum Gasteiger partial charge on any atom is -0.380 e. The highest BCUT2D eigenvalue weighted by molar-refractivity contribution is 7.86. The summed E-state index contributed by atoms with van der Waals surface area (Å²) in [4.78, 5) is 0. The lowest BCUT2D eigenvalue weighted by molar-refractivity contribution is 0.496. The van der Waals surface area contributed by atoms with Crippen LogP contribution in [-0.2, 0) is 10.1 Å². The first-order valence-electron chi connectivity index (χ1n) is 8.56. The van der Waals surface area contributed by atoms with E-state index in [0.717, 1.165) is 23.1 Å². The molecule has 0 N–H and O–H groups in total. The van der Waals surface area contributed by atoms with Gasteiger partial charge in [0.05, 0.1) is 34.7 Å². The second kappa shape index (κ2) is 6.87. The summed E-state index contributed by atoms with van der Waals surface area (Å²) in [5.41, 5.74) is 4.12. The number of nitriles is 1. The number of fused-ring (bicyclic) bond motifs is 1. The van der Waals surface area contributed by atoms with Gasteiger partial charge >= 0.3 is 10.1 Å². The molecule has 6 heteroatoms. The fourth-order valence-electron chi connectivity index (χ4n) is 3.28. The Morgan fingerprint density at radius 1 is 0.929 bits per heavy atom. The van der Waals surface area contributed by atoms with Crippen molar-refractivity contribution in [1.29, 1.82) is 5.26 Å². The summed E-state index contributed by atoms with van der Waals surface area (Å²) in [6.45, 7) is 0. The van der Waals surface area contributed by atoms with E-state index in [2.05, 4.69) is 6.07 Å². The molecule has 0 unspecified atom stereocenters. The molecule has 0 aliphatic carbocycles. The summed E-state index contributed by atoms with van der Waals surface area (Å²) in [7, 11) is -3.78. The molecule has 0 atom stereocenters. The predicted molar refractivity (Wildman–Crippen MR) is 108 cm³/mol. The highest BCUT2D eigenvalue weighted by Gasteiger charge is 2.25. The molecule has 0 radical (unpaired) electrons. The van der Waals surface area contributed by atoms with Crippen LogP contribution in [-0.4, -0.2) is 19.1 Å². The summed E-state index contributed by atoms with van der Waals surface area (Å²) < 4.78 is 31.4. The molecular formula is C22H16N2O3S. The zero-order valence-electron chi connectivity index (χ0n) is 15.0. The number of nitrogens with zero attached hydrogens (tertiary/aromatic N) is 2. The lowest BCUT2D eigenvalue weighted by Crippen LogP contribution is -2.06. The highest BCUT2D eigenvalue weighted by atomic mass is 32.2. The molecule has 0 aliphatic rings. The first-order chi connectivity index (χ1) is 13.5. The van der Waals surface area contributed by atoms with Crippen molar-refractivity contribution in [2.24, 2.45) is 0 Å². The smallest absolute Gasteiger partial charge is 0.306 e. The summed E-state index contributed by atoms with van der Waals surface area (Å²) in [6, 6.07) is 24.6. The molecule has 0 bridgehead atoms. The molecular weight excluding hydrogens is 372 g/mol. The van der Waals surface area contributed by atoms with Crippen LogP contribution in [0.1, 0.15) is 5.56 Å². The van der Waals surface area contributed by atoms with Gasteiger partial charge in [-0.25, -0.2) is 0 Å². The number of aromatic nitrogens is 1. The zero-order chi connectivity index (χ0) is 19.7. The maximum absolute atomic E-state index is 12.0. The molecule has 0 aliphatic heterocycles. The van der Waals surface area contributed by atoms with E-state index in [1.807, 2.05) is 65.1 Å². The van der Waals surface area contributed by atoms with Gasteiger partial charge in [-0.05, 0) is 23.3 Å². The SMILES string of the molecule is CS(=O)(=O)Oc1c(-c2ccccc2)c(-c2ccccc2)n2ccc(C#N)cc12. The van der Waals surface area contributed by atoms with Gasteiger partial charge in [0.2, 0.25) is 0 Å². The third-order valence-electron chi connectivity index (χ3n) is 4.37. The first-order valence-corrected chi connectivity index (χ1v) is 10.4. The average Bonchev–Trinajstić information content (AvgIpc) is 3.01. The lowest BCUT2D eigenvalue weighted by Gasteiger charge is -2.09. The number of pyridine rings is 1. The van der Waals surface area contributed by atoms with Crippen molar-refractivity contribution in [2.45, 2.75) is 0 Å². The van der Waals surface area contributed by atoms with Gasteiger partial charge in [-0.1, -0.05) is 60.7 Å². The van der Waals surface area contributed by atoms with Crippen LogP contribution in [0.3, 0.4) is 0 Å². The highest BCUT2D eigenvalue weighted by Crippen LogP contribution is 2.45. The predicted octanol–water partition coefficient (Wildman–Crippen LogP) is 4.48. The molecule has 0 amide bonds. The van der Waals surface area contributed by atoms with Gasteiger partial charge in [-0.15, -0.1) is 0 Å². The quantitative estimate of drug-likeness (QED) is 0.483. The molecule has 4 aromatic rings. The largest absolute Gasteiger partial charge is 0.380 e. The summed E-state index contributed by atoms with van der Waals surface area (Å²) in [5.74, 6) is 0.213. The molecule has 2 aromatic carbocycles. The van der Waals surface area contributed by atoms with E-state index >= 15 is 0 Å². The van der Waals surface area contributed by atoms with Crippen LogP contribution in [0.5, 0.6) is 5.75 Å². The van der Waals surface area contributed by atoms with Crippen molar-refractivity contribution >= 4 is 15.6 Å². The number of hydrogen-bond donors (Lipinski definition) is 0. The third-order valence-corrected chi connectivity index (χ3v) is 4.84. The van der Waals surface area contributed by atoms with Crippen LogP contribution in [0.2, 0.25) is 0 Å². The number of hydrogen-bond acceptors (Lipinski definition) is 4. The van der Waals surface area contributed by atoms with E-state index in [-0.39, 0.29) is 5.75 Å². The average molecular weight is 388 g/mol. The lowest BCUT2D eigenvalue weighted by atomic mass is 10.0. The fraction of sp³-hybridized carbons (Fsp3) is 0.0455. The van der Waals surface area contributed by atoms with E-state index in [9.17, 15) is 13.7 Å². The van der Waals surface area contributed by atoms with Crippen molar-refractivity contribution in [1.82, 2.24) is 4.40 Å². The minimum atomic E-state index is -3.78. The summed E-state index contributed by atoms with van der Waals surface area (Å²) in [5, 5.41) is 9.31. The molecule has 0 fully saturated rings. The minimum absolute atomic E-state index is 0.213. The van der Waals surface area contributed by atoms with Crippen LogP contribution in [0.4, 0.5) is 0 Å². The Morgan fingerprint density at radius 2 is 1.54 bits per heavy atom. The Kier molecular flexibility index (Phi) is 4.38.